The van der Waals surface area contributed by atoms with Crippen molar-refractivity contribution in [3.05, 3.63) is 17.5 Å². The minimum atomic E-state index is -3.43. The standard InChI is InChI=1S/C11H23N5O2S/c1-10-11(9-15(3)14-10)8-13-19(17,18)16(4)7-5-6-12-2/h9,12-13H,5-8H2,1-4H3. The molecule has 0 aliphatic carbocycles. The number of aromatic nitrogens is 2. The second-order valence-corrected chi connectivity index (χ2v) is 6.38. The molecule has 0 amide bonds. The van der Waals surface area contributed by atoms with Gasteiger partial charge in [-0.1, -0.05) is 0 Å². The fourth-order valence-electron chi connectivity index (χ4n) is 1.70. The van der Waals surface area contributed by atoms with Crippen LogP contribution in [0.15, 0.2) is 6.20 Å². The Hall–Kier alpha value is -0.960. The molecule has 1 aromatic rings. The molecule has 0 radical (unpaired) electrons. The maximum atomic E-state index is 12.0. The molecule has 0 unspecified atom stereocenters. The van der Waals surface area contributed by atoms with E-state index < -0.39 is 10.2 Å². The first kappa shape index (κ1) is 16.1. The molecule has 2 N–H and O–H groups in total. The summed E-state index contributed by atoms with van der Waals surface area (Å²) in [6.07, 6.45) is 2.60. The molecule has 0 aliphatic rings. The lowest BCUT2D eigenvalue weighted by molar-refractivity contribution is 0.447. The summed E-state index contributed by atoms with van der Waals surface area (Å²) < 4.78 is 29.6. The molecule has 0 atom stereocenters. The molecule has 110 valence electrons. The van der Waals surface area contributed by atoms with E-state index in [-0.39, 0.29) is 6.54 Å². The van der Waals surface area contributed by atoms with Crippen LogP contribution in [0.25, 0.3) is 0 Å². The van der Waals surface area contributed by atoms with Gasteiger partial charge in [-0.15, -0.1) is 0 Å². The van der Waals surface area contributed by atoms with Crippen LogP contribution in [0.1, 0.15) is 17.7 Å². The van der Waals surface area contributed by atoms with E-state index in [0.717, 1.165) is 24.2 Å². The smallest absolute Gasteiger partial charge is 0.279 e. The van der Waals surface area contributed by atoms with Gasteiger partial charge >= 0.3 is 0 Å². The lowest BCUT2D eigenvalue weighted by Gasteiger charge is -2.17. The van der Waals surface area contributed by atoms with Gasteiger partial charge in [0.15, 0.2) is 0 Å². The minimum absolute atomic E-state index is 0.262. The third kappa shape index (κ3) is 4.90. The van der Waals surface area contributed by atoms with Gasteiger partial charge in [-0.2, -0.15) is 22.5 Å². The Kier molecular flexibility index (Phi) is 5.92. The van der Waals surface area contributed by atoms with Gasteiger partial charge in [-0.25, -0.2) is 0 Å². The maximum Gasteiger partial charge on any atom is 0.279 e. The SMILES string of the molecule is CNCCCN(C)S(=O)(=O)NCc1cn(C)nc1C. The number of rotatable bonds is 8. The molecule has 0 bridgehead atoms. The lowest BCUT2D eigenvalue weighted by atomic mass is 10.3. The van der Waals surface area contributed by atoms with Gasteiger partial charge in [0.05, 0.1) is 5.69 Å². The first-order valence-electron chi connectivity index (χ1n) is 6.21. The number of nitrogens with zero attached hydrogens (tertiary/aromatic N) is 3. The quantitative estimate of drug-likeness (QED) is 0.639. The van der Waals surface area contributed by atoms with E-state index in [4.69, 9.17) is 0 Å². The monoisotopic (exact) mass is 289 g/mol. The summed E-state index contributed by atoms with van der Waals surface area (Å²) in [5.41, 5.74) is 1.72. The second kappa shape index (κ2) is 6.99. The molecule has 1 heterocycles. The van der Waals surface area contributed by atoms with Gasteiger partial charge < -0.3 is 5.32 Å². The zero-order valence-electron chi connectivity index (χ0n) is 12.0. The number of hydrogen-bond acceptors (Lipinski definition) is 4. The topological polar surface area (TPSA) is 79.3 Å². The molecule has 0 saturated heterocycles. The molecule has 0 spiro atoms. The summed E-state index contributed by atoms with van der Waals surface area (Å²) in [5, 5.41) is 7.17. The van der Waals surface area contributed by atoms with Crippen molar-refractivity contribution in [3.8, 4) is 0 Å². The van der Waals surface area contributed by atoms with Gasteiger partial charge in [-0.05, 0) is 26.9 Å². The van der Waals surface area contributed by atoms with Crippen molar-refractivity contribution in [1.29, 1.82) is 0 Å². The van der Waals surface area contributed by atoms with Crippen LogP contribution < -0.4 is 10.0 Å². The molecule has 1 rings (SSSR count). The first-order chi connectivity index (χ1) is 8.86. The van der Waals surface area contributed by atoms with Crippen LogP contribution in [0.4, 0.5) is 0 Å². The molecular formula is C11H23N5O2S. The zero-order valence-corrected chi connectivity index (χ0v) is 12.8. The zero-order chi connectivity index (χ0) is 14.5. The van der Waals surface area contributed by atoms with Gasteiger partial charge in [0, 0.05) is 38.9 Å². The molecule has 0 aromatic carbocycles. The van der Waals surface area contributed by atoms with E-state index in [2.05, 4.69) is 15.1 Å². The van der Waals surface area contributed by atoms with Crippen LogP contribution in [0.3, 0.4) is 0 Å². The Morgan fingerprint density at radius 3 is 2.68 bits per heavy atom. The van der Waals surface area contributed by atoms with E-state index >= 15 is 0 Å². The summed E-state index contributed by atoms with van der Waals surface area (Å²) in [7, 11) is 1.81. The van der Waals surface area contributed by atoms with Crippen LogP contribution in [0.2, 0.25) is 0 Å². The predicted octanol–water partition coefficient (Wildman–Crippen LogP) is -0.396. The molecular weight excluding hydrogens is 266 g/mol. The maximum absolute atomic E-state index is 12.0. The van der Waals surface area contributed by atoms with Gasteiger partial charge in [0.1, 0.15) is 0 Å². The van der Waals surface area contributed by atoms with Crippen molar-refractivity contribution in [2.45, 2.75) is 19.9 Å². The van der Waals surface area contributed by atoms with Crippen molar-refractivity contribution in [2.75, 3.05) is 27.2 Å². The molecule has 0 saturated carbocycles. The van der Waals surface area contributed by atoms with Gasteiger partial charge in [0.2, 0.25) is 0 Å². The fraction of sp³-hybridized carbons (Fsp3) is 0.727. The number of hydrogen-bond donors (Lipinski definition) is 2. The fourth-order valence-corrected chi connectivity index (χ4v) is 2.63. The Labute approximate surface area is 115 Å². The van der Waals surface area contributed by atoms with Gasteiger partial charge in [-0.3, -0.25) is 4.68 Å². The van der Waals surface area contributed by atoms with E-state index in [1.807, 2.05) is 27.2 Å². The average Bonchev–Trinajstić information content (AvgIpc) is 2.65. The van der Waals surface area contributed by atoms with E-state index in [9.17, 15) is 8.42 Å². The molecule has 1 aromatic heterocycles. The second-order valence-electron chi connectivity index (χ2n) is 4.52. The van der Waals surface area contributed by atoms with Crippen LogP contribution in [-0.4, -0.2) is 49.7 Å². The third-order valence-corrected chi connectivity index (χ3v) is 4.38. The minimum Gasteiger partial charge on any atom is -0.320 e. The molecule has 19 heavy (non-hydrogen) atoms. The van der Waals surface area contributed by atoms with E-state index in [1.165, 1.54) is 4.31 Å². The Morgan fingerprint density at radius 2 is 2.16 bits per heavy atom. The molecule has 8 heteroatoms. The summed E-state index contributed by atoms with van der Waals surface area (Å²) in [4.78, 5) is 0. The van der Waals surface area contributed by atoms with Crippen molar-refractivity contribution in [3.63, 3.8) is 0 Å². The molecule has 7 nitrogen and oxygen atoms in total. The molecule has 0 fully saturated rings. The van der Waals surface area contributed by atoms with Crippen molar-refractivity contribution < 1.29 is 8.42 Å². The Bertz CT molecular complexity index is 497. The van der Waals surface area contributed by atoms with Crippen molar-refractivity contribution in [1.82, 2.24) is 24.1 Å². The van der Waals surface area contributed by atoms with E-state index in [0.29, 0.717) is 6.54 Å². The average molecular weight is 289 g/mol. The largest absolute Gasteiger partial charge is 0.320 e. The van der Waals surface area contributed by atoms with Crippen LogP contribution in [0.5, 0.6) is 0 Å². The number of aryl methyl sites for hydroxylation is 2. The summed E-state index contributed by atoms with van der Waals surface area (Å²) >= 11 is 0. The van der Waals surface area contributed by atoms with E-state index in [1.54, 1.807) is 11.7 Å². The summed E-state index contributed by atoms with van der Waals surface area (Å²) in [6, 6.07) is 0. The summed E-state index contributed by atoms with van der Waals surface area (Å²) in [6.45, 7) is 3.41. The van der Waals surface area contributed by atoms with Crippen molar-refractivity contribution >= 4 is 10.2 Å². The Morgan fingerprint density at radius 1 is 1.47 bits per heavy atom. The lowest BCUT2D eigenvalue weighted by Crippen LogP contribution is -2.39. The number of nitrogens with one attached hydrogen (secondary N) is 2. The third-order valence-electron chi connectivity index (χ3n) is 2.87. The molecule has 0 aliphatic heterocycles. The Balaban J connectivity index is 2.52. The normalized spacial score (nSPS) is 12.3. The van der Waals surface area contributed by atoms with Crippen LogP contribution in [-0.2, 0) is 23.8 Å². The first-order valence-corrected chi connectivity index (χ1v) is 7.65. The van der Waals surface area contributed by atoms with Gasteiger partial charge in [0.25, 0.3) is 10.2 Å². The highest BCUT2D eigenvalue weighted by molar-refractivity contribution is 7.87. The van der Waals surface area contributed by atoms with Crippen molar-refractivity contribution in [2.24, 2.45) is 7.05 Å². The highest BCUT2D eigenvalue weighted by atomic mass is 32.2. The highest BCUT2D eigenvalue weighted by Crippen LogP contribution is 2.05. The predicted molar refractivity (Wildman–Crippen MR) is 74.9 cm³/mol. The highest BCUT2D eigenvalue weighted by Gasteiger charge is 2.17. The van der Waals surface area contributed by atoms with Crippen LogP contribution in [0, 0.1) is 6.92 Å². The van der Waals surface area contributed by atoms with Crippen LogP contribution >= 0.6 is 0 Å². The summed E-state index contributed by atoms with van der Waals surface area (Å²) in [5.74, 6) is 0.